The van der Waals surface area contributed by atoms with E-state index in [9.17, 15) is 13.2 Å². The predicted molar refractivity (Wildman–Crippen MR) is 103 cm³/mol. The molecule has 2 aromatic carbocycles. The van der Waals surface area contributed by atoms with Gasteiger partial charge in [-0.05, 0) is 36.2 Å². The number of carbonyl (C=O) groups is 1. The van der Waals surface area contributed by atoms with Crippen LogP contribution in [0.25, 0.3) is 0 Å². The number of nitrogens with one attached hydrogen (secondary N) is 1. The topological polar surface area (TPSA) is 75.7 Å². The molecule has 6 nitrogen and oxygen atoms in total. The first-order valence-electron chi connectivity index (χ1n) is 8.32. The van der Waals surface area contributed by atoms with Crippen molar-refractivity contribution in [2.24, 2.45) is 0 Å². The summed E-state index contributed by atoms with van der Waals surface area (Å²) in [5.74, 6) is 0.595. The Hall–Kier alpha value is -2.54. The first kappa shape index (κ1) is 19.8. The minimum absolute atomic E-state index is 0.0973. The summed E-state index contributed by atoms with van der Waals surface area (Å²) in [7, 11) is -1.83. The lowest BCUT2D eigenvalue weighted by atomic mass is 10.1. The van der Waals surface area contributed by atoms with Crippen molar-refractivity contribution in [1.29, 1.82) is 0 Å². The second-order valence-corrected chi connectivity index (χ2v) is 7.78. The highest BCUT2D eigenvalue weighted by Crippen LogP contribution is 2.17. The third-order valence-corrected chi connectivity index (χ3v) is 5.05. The van der Waals surface area contributed by atoms with Crippen LogP contribution in [-0.4, -0.2) is 40.8 Å². The minimum atomic E-state index is -3.45. The van der Waals surface area contributed by atoms with E-state index in [0.717, 1.165) is 17.6 Å². The monoisotopic (exact) mass is 376 g/mol. The summed E-state index contributed by atoms with van der Waals surface area (Å²) in [5, 5.41) is 2.83. The molecule has 140 valence electrons. The lowest BCUT2D eigenvalue weighted by molar-refractivity contribution is -0.120. The normalized spacial score (nSPS) is 11.0. The average Bonchev–Trinajstić information content (AvgIpc) is 2.62. The van der Waals surface area contributed by atoms with Crippen LogP contribution in [0.1, 0.15) is 12.0 Å². The molecule has 1 amide bonds. The number of para-hydroxylation sites is 1. The molecule has 0 unspecified atom stereocenters. The fourth-order valence-electron chi connectivity index (χ4n) is 2.55. The first-order chi connectivity index (χ1) is 12.4. The highest BCUT2D eigenvalue weighted by atomic mass is 32.2. The van der Waals surface area contributed by atoms with E-state index in [2.05, 4.69) is 5.32 Å². The molecule has 0 aliphatic rings. The lowest BCUT2D eigenvalue weighted by Crippen LogP contribution is -2.35. The standard InChI is InChI=1S/C19H24N2O4S/c1-25-18-10-6-7-16(15-18)11-13-20-19(22)12-14-21(26(2,23)24)17-8-4-3-5-9-17/h3-10,15H,11-14H2,1-2H3,(H,20,22). The van der Waals surface area contributed by atoms with Gasteiger partial charge in [-0.2, -0.15) is 0 Å². The van der Waals surface area contributed by atoms with Crippen LogP contribution in [0.2, 0.25) is 0 Å². The lowest BCUT2D eigenvalue weighted by Gasteiger charge is -2.22. The molecule has 0 fully saturated rings. The molecule has 2 rings (SSSR count). The van der Waals surface area contributed by atoms with Crippen molar-refractivity contribution in [2.75, 3.05) is 30.8 Å². The Bertz CT molecular complexity index is 822. The van der Waals surface area contributed by atoms with Crippen molar-refractivity contribution in [1.82, 2.24) is 5.32 Å². The molecule has 0 radical (unpaired) electrons. The van der Waals surface area contributed by atoms with Crippen LogP contribution in [0.4, 0.5) is 5.69 Å². The van der Waals surface area contributed by atoms with Crippen LogP contribution < -0.4 is 14.4 Å². The van der Waals surface area contributed by atoms with Crippen LogP contribution in [-0.2, 0) is 21.2 Å². The highest BCUT2D eigenvalue weighted by Gasteiger charge is 2.18. The number of sulfonamides is 1. The fraction of sp³-hybridized carbons (Fsp3) is 0.316. The molecular formula is C19H24N2O4S. The molecule has 0 saturated carbocycles. The number of anilines is 1. The van der Waals surface area contributed by atoms with Gasteiger partial charge in [0.25, 0.3) is 0 Å². The second kappa shape index (κ2) is 9.24. The first-order valence-corrected chi connectivity index (χ1v) is 10.2. The van der Waals surface area contributed by atoms with Gasteiger partial charge in [0.15, 0.2) is 0 Å². The molecule has 1 N–H and O–H groups in total. The Balaban J connectivity index is 1.84. The SMILES string of the molecule is COc1cccc(CCNC(=O)CCN(c2ccccc2)S(C)(=O)=O)c1. The van der Waals surface area contributed by atoms with E-state index in [4.69, 9.17) is 4.74 Å². The van der Waals surface area contributed by atoms with Crippen LogP contribution in [0.5, 0.6) is 5.75 Å². The van der Waals surface area contributed by atoms with Crippen molar-refractivity contribution in [3.63, 3.8) is 0 Å². The number of ether oxygens (including phenoxy) is 1. The molecule has 0 bridgehead atoms. The molecular weight excluding hydrogens is 352 g/mol. The average molecular weight is 376 g/mol. The largest absolute Gasteiger partial charge is 0.497 e. The van der Waals surface area contributed by atoms with Gasteiger partial charge in [-0.15, -0.1) is 0 Å². The van der Waals surface area contributed by atoms with Gasteiger partial charge in [0, 0.05) is 19.5 Å². The summed E-state index contributed by atoms with van der Waals surface area (Å²) < 4.78 is 30.4. The number of methoxy groups -OCH3 is 1. The smallest absolute Gasteiger partial charge is 0.232 e. The maximum Gasteiger partial charge on any atom is 0.232 e. The van der Waals surface area contributed by atoms with E-state index < -0.39 is 10.0 Å². The number of carbonyl (C=O) groups excluding carboxylic acids is 1. The molecule has 26 heavy (non-hydrogen) atoms. The van der Waals surface area contributed by atoms with Crippen molar-refractivity contribution in [3.8, 4) is 5.75 Å². The molecule has 0 spiro atoms. The Morgan fingerprint density at radius 3 is 2.50 bits per heavy atom. The minimum Gasteiger partial charge on any atom is -0.497 e. The molecule has 0 heterocycles. The molecule has 0 aromatic heterocycles. The summed E-state index contributed by atoms with van der Waals surface area (Å²) in [6, 6.07) is 16.4. The van der Waals surface area contributed by atoms with Gasteiger partial charge < -0.3 is 10.1 Å². The third kappa shape index (κ3) is 6.07. The summed E-state index contributed by atoms with van der Waals surface area (Å²) >= 11 is 0. The third-order valence-electron chi connectivity index (χ3n) is 3.86. The zero-order valence-electron chi connectivity index (χ0n) is 15.0. The number of hydrogen-bond donors (Lipinski definition) is 1. The summed E-state index contributed by atoms with van der Waals surface area (Å²) in [6.07, 6.45) is 1.91. The number of nitrogens with zero attached hydrogens (tertiary/aromatic N) is 1. The van der Waals surface area contributed by atoms with Crippen LogP contribution in [0.15, 0.2) is 54.6 Å². The van der Waals surface area contributed by atoms with Crippen molar-refractivity contribution >= 4 is 21.6 Å². The van der Waals surface area contributed by atoms with E-state index in [1.807, 2.05) is 30.3 Å². The van der Waals surface area contributed by atoms with E-state index >= 15 is 0 Å². The fourth-order valence-corrected chi connectivity index (χ4v) is 3.47. The molecule has 2 aromatic rings. The van der Waals surface area contributed by atoms with Crippen molar-refractivity contribution < 1.29 is 17.9 Å². The Kier molecular flexibility index (Phi) is 7.03. The molecule has 0 saturated heterocycles. The molecule has 0 atom stereocenters. The number of hydrogen-bond acceptors (Lipinski definition) is 4. The number of rotatable bonds is 9. The maximum atomic E-state index is 12.1. The van der Waals surface area contributed by atoms with E-state index in [-0.39, 0.29) is 18.9 Å². The molecule has 0 aliphatic heterocycles. The Labute approximate surface area is 154 Å². The number of benzene rings is 2. The van der Waals surface area contributed by atoms with Gasteiger partial charge in [-0.3, -0.25) is 9.10 Å². The van der Waals surface area contributed by atoms with Crippen LogP contribution in [0, 0.1) is 0 Å². The van der Waals surface area contributed by atoms with Gasteiger partial charge >= 0.3 is 0 Å². The highest BCUT2D eigenvalue weighted by molar-refractivity contribution is 7.92. The van der Waals surface area contributed by atoms with E-state index in [1.54, 1.807) is 31.4 Å². The Morgan fingerprint density at radius 1 is 1.12 bits per heavy atom. The van der Waals surface area contributed by atoms with Gasteiger partial charge in [0.2, 0.25) is 15.9 Å². The molecule has 7 heteroatoms. The van der Waals surface area contributed by atoms with Gasteiger partial charge in [-0.25, -0.2) is 8.42 Å². The second-order valence-electron chi connectivity index (χ2n) is 5.87. The van der Waals surface area contributed by atoms with Crippen LogP contribution in [0.3, 0.4) is 0 Å². The van der Waals surface area contributed by atoms with Crippen molar-refractivity contribution in [2.45, 2.75) is 12.8 Å². The summed E-state index contributed by atoms with van der Waals surface area (Å²) in [4.78, 5) is 12.1. The number of amides is 1. The summed E-state index contributed by atoms with van der Waals surface area (Å²) in [6.45, 7) is 0.587. The zero-order valence-corrected chi connectivity index (χ0v) is 15.8. The van der Waals surface area contributed by atoms with Crippen molar-refractivity contribution in [3.05, 3.63) is 60.2 Å². The van der Waals surface area contributed by atoms with Gasteiger partial charge in [-0.1, -0.05) is 30.3 Å². The van der Waals surface area contributed by atoms with Gasteiger partial charge in [0.1, 0.15) is 5.75 Å². The quantitative estimate of drug-likeness (QED) is 0.728. The van der Waals surface area contributed by atoms with Crippen LogP contribution >= 0.6 is 0 Å². The summed E-state index contributed by atoms with van der Waals surface area (Å²) in [5.41, 5.74) is 1.62. The maximum absolute atomic E-state index is 12.1. The molecule has 0 aliphatic carbocycles. The van der Waals surface area contributed by atoms with E-state index in [1.165, 1.54) is 4.31 Å². The van der Waals surface area contributed by atoms with E-state index in [0.29, 0.717) is 18.7 Å². The Morgan fingerprint density at radius 2 is 1.85 bits per heavy atom. The zero-order chi connectivity index (χ0) is 19.0. The van der Waals surface area contributed by atoms with Gasteiger partial charge in [0.05, 0.1) is 19.1 Å². The predicted octanol–water partition coefficient (Wildman–Crippen LogP) is 2.21.